The first-order valence-corrected chi connectivity index (χ1v) is 6.76. The van der Waals surface area contributed by atoms with Gasteiger partial charge in [-0.1, -0.05) is 58.4 Å². The third kappa shape index (κ3) is 2.28. The average Bonchev–Trinajstić information content (AvgIpc) is 2.74. The zero-order valence-corrected chi connectivity index (χ0v) is 11.2. The van der Waals surface area contributed by atoms with Crippen molar-refractivity contribution >= 4 is 15.9 Å². The van der Waals surface area contributed by atoms with Crippen molar-refractivity contribution < 1.29 is 4.90 Å². The molecular formula is C15H15BrN+. The summed E-state index contributed by atoms with van der Waals surface area (Å²) in [7, 11) is 0. The second kappa shape index (κ2) is 4.63. The minimum absolute atomic E-state index is 1.11. The highest BCUT2D eigenvalue weighted by molar-refractivity contribution is 9.10. The van der Waals surface area contributed by atoms with E-state index in [1.54, 1.807) is 4.90 Å². The maximum atomic E-state index is 3.65. The van der Waals surface area contributed by atoms with Crippen LogP contribution in [-0.4, -0.2) is 0 Å². The maximum Gasteiger partial charge on any atom is 0.105 e. The van der Waals surface area contributed by atoms with Crippen LogP contribution in [-0.2, 0) is 19.6 Å². The quantitative estimate of drug-likeness (QED) is 0.866. The number of hydrogen-bond donors (Lipinski definition) is 1. The number of halogens is 1. The molecule has 1 aliphatic heterocycles. The van der Waals surface area contributed by atoms with Gasteiger partial charge >= 0.3 is 0 Å². The molecule has 86 valence electrons. The number of hydrogen-bond acceptors (Lipinski definition) is 0. The third-order valence-electron chi connectivity index (χ3n) is 3.38. The zero-order valence-electron chi connectivity index (χ0n) is 9.62. The number of quaternary nitrogens is 1. The molecule has 1 unspecified atom stereocenters. The molecule has 0 aliphatic carbocycles. The van der Waals surface area contributed by atoms with Gasteiger partial charge in [0.15, 0.2) is 0 Å². The van der Waals surface area contributed by atoms with Crippen LogP contribution in [0.15, 0.2) is 53.0 Å². The topological polar surface area (TPSA) is 4.44 Å². The van der Waals surface area contributed by atoms with Crippen molar-refractivity contribution in [2.45, 2.75) is 19.6 Å². The van der Waals surface area contributed by atoms with E-state index in [0.29, 0.717) is 0 Å². The van der Waals surface area contributed by atoms with Crippen LogP contribution in [0.1, 0.15) is 16.7 Å². The summed E-state index contributed by atoms with van der Waals surface area (Å²) in [6, 6.07) is 17.3. The largest absolute Gasteiger partial charge is 0.324 e. The van der Waals surface area contributed by atoms with E-state index < -0.39 is 0 Å². The minimum atomic E-state index is 1.11. The van der Waals surface area contributed by atoms with Crippen molar-refractivity contribution in [1.29, 1.82) is 0 Å². The van der Waals surface area contributed by atoms with Gasteiger partial charge in [0, 0.05) is 21.2 Å². The highest BCUT2D eigenvalue weighted by Crippen LogP contribution is 2.22. The van der Waals surface area contributed by atoms with Gasteiger partial charge in [0.2, 0.25) is 0 Å². The molecular weight excluding hydrogens is 274 g/mol. The van der Waals surface area contributed by atoms with Gasteiger partial charge in [-0.25, -0.2) is 0 Å². The number of nitrogens with one attached hydrogen (secondary N) is 1. The Morgan fingerprint density at radius 2 is 1.76 bits per heavy atom. The zero-order chi connectivity index (χ0) is 11.7. The minimum Gasteiger partial charge on any atom is -0.324 e. The molecule has 0 aromatic heterocycles. The molecule has 1 heterocycles. The maximum absolute atomic E-state index is 3.65. The Hall–Kier alpha value is -1.12. The fourth-order valence-corrected chi connectivity index (χ4v) is 3.11. The van der Waals surface area contributed by atoms with Crippen LogP contribution in [0.5, 0.6) is 0 Å². The number of fused-ring (bicyclic) bond motifs is 1. The lowest BCUT2D eigenvalue weighted by Crippen LogP contribution is -3.06. The second-order valence-corrected chi connectivity index (χ2v) is 5.50. The smallest absolute Gasteiger partial charge is 0.105 e. The first kappa shape index (κ1) is 11.0. The Bertz CT molecular complexity index is 522. The summed E-state index contributed by atoms with van der Waals surface area (Å²) in [6.45, 7) is 3.39. The highest BCUT2D eigenvalue weighted by atomic mass is 79.9. The highest BCUT2D eigenvalue weighted by Gasteiger charge is 2.24. The normalized spacial score (nSPS) is 18.1. The molecule has 2 heteroatoms. The van der Waals surface area contributed by atoms with Crippen molar-refractivity contribution in [3.05, 3.63) is 69.7 Å². The van der Waals surface area contributed by atoms with Crippen molar-refractivity contribution in [3.8, 4) is 0 Å². The first-order valence-electron chi connectivity index (χ1n) is 5.97. The van der Waals surface area contributed by atoms with Gasteiger partial charge < -0.3 is 4.90 Å². The molecule has 0 radical (unpaired) electrons. The molecule has 0 bridgehead atoms. The van der Waals surface area contributed by atoms with Gasteiger partial charge in [0.25, 0.3) is 0 Å². The van der Waals surface area contributed by atoms with E-state index in [9.17, 15) is 0 Å². The van der Waals surface area contributed by atoms with E-state index in [-0.39, 0.29) is 0 Å². The Labute approximate surface area is 110 Å². The summed E-state index contributed by atoms with van der Waals surface area (Å²) in [5.41, 5.74) is 4.40. The van der Waals surface area contributed by atoms with E-state index in [0.717, 1.165) is 19.6 Å². The van der Waals surface area contributed by atoms with E-state index in [1.807, 2.05) is 0 Å². The first-order chi connectivity index (χ1) is 8.33. The molecule has 0 fully saturated rings. The SMILES string of the molecule is Brc1cccc2c1C[NH+](Cc1ccccc1)C2. The average molecular weight is 289 g/mol. The Morgan fingerprint density at radius 1 is 0.941 bits per heavy atom. The molecule has 17 heavy (non-hydrogen) atoms. The van der Waals surface area contributed by atoms with Crippen LogP contribution < -0.4 is 4.90 Å². The number of rotatable bonds is 2. The van der Waals surface area contributed by atoms with Crippen molar-refractivity contribution in [2.24, 2.45) is 0 Å². The molecule has 0 saturated carbocycles. The van der Waals surface area contributed by atoms with E-state index in [4.69, 9.17) is 0 Å². The summed E-state index contributed by atoms with van der Waals surface area (Å²) >= 11 is 3.65. The lowest BCUT2D eigenvalue weighted by Gasteiger charge is -2.11. The van der Waals surface area contributed by atoms with Crippen LogP contribution in [0.3, 0.4) is 0 Å². The molecule has 0 amide bonds. The number of benzene rings is 2. The van der Waals surface area contributed by atoms with Crippen molar-refractivity contribution in [3.63, 3.8) is 0 Å². The molecule has 0 spiro atoms. The predicted molar refractivity (Wildman–Crippen MR) is 72.7 cm³/mol. The molecule has 3 rings (SSSR count). The van der Waals surface area contributed by atoms with E-state index in [2.05, 4.69) is 64.5 Å². The summed E-state index contributed by atoms with van der Waals surface area (Å²) in [5, 5.41) is 0. The third-order valence-corrected chi connectivity index (χ3v) is 4.12. The predicted octanol–water partition coefficient (Wildman–Crippen LogP) is 2.55. The molecule has 0 saturated heterocycles. The van der Waals surface area contributed by atoms with E-state index in [1.165, 1.54) is 21.2 Å². The molecule has 2 aromatic rings. The van der Waals surface area contributed by atoms with Crippen molar-refractivity contribution in [2.75, 3.05) is 0 Å². The Balaban J connectivity index is 1.77. The molecule has 2 aromatic carbocycles. The lowest BCUT2D eigenvalue weighted by atomic mass is 10.1. The van der Waals surface area contributed by atoms with Crippen LogP contribution in [0.4, 0.5) is 0 Å². The van der Waals surface area contributed by atoms with Crippen LogP contribution >= 0.6 is 15.9 Å². The van der Waals surface area contributed by atoms with Gasteiger partial charge in [-0.2, -0.15) is 0 Å². The van der Waals surface area contributed by atoms with Gasteiger partial charge in [0.05, 0.1) is 0 Å². The van der Waals surface area contributed by atoms with Crippen LogP contribution in [0.2, 0.25) is 0 Å². The molecule has 1 aliphatic rings. The summed E-state index contributed by atoms with van der Waals surface area (Å²) in [4.78, 5) is 1.62. The van der Waals surface area contributed by atoms with Gasteiger partial charge in [0.1, 0.15) is 19.6 Å². The standard InChI is InChI=1S/C15H14BrN/c16-15-8-4-7-13-10-17(11-14(13)15)9-12-5-2-1-3-6-12/h1-8H,9-11H2/p+1. The second-order valence-electron chi connectivity index (χ2n) is 4.64. The van der Waals surface area contributed by atoms with Crippen LogP contribution in [0, 0.1) is 0 Å². The van der Waals surface area contributed by atoms with Crippen molar-refractivity contribution in [1.82, 2.24) is 0 Å². The molecule has 1 atom stereocenters. The van der Waals surface area contributed by atoms with E-state index >= 15 is 0 Å². The Kier molecular flexibility index (Phi) is 3.00. The van der Waals surface area contributed by atoms with Gasteiger partial charge in [-0.05, 0) is 6.07 Å². The van der Waals surface area contributed by atoms with Crippen LogP contribution in [0.25, 0.3) is 0 Å². The monoisotopic (exact) mass is 288 g/mol. The summed E-state index contributed by atoms with van der Waals surface area (Å²) < 4.78 is 1.26. The lowest BCUT2D eigenvalue weighted by molar-refractivity contribution is -0.934. The Morgan fingerprint density at radius 3 is 2.53 bits per heavy atom. The fraction of sp³-hybridized carbons (Fsp3) is 0.200. The summed E-state index contributed by atoms with van der Waals surface area (Å²) in [5.74, 6) is 0. The van der Waals surface area contributed by atoms with Gasteiger partial charge in [-0.15, -0.1) is 0 Å². The fourth-order valence-electron chi connectivity index (χ4n) is 2.56. The molecule has 1 N–H and O–H groups in total. The summed E-state index contributed by atoms with van der Waals surface area (Å²) in [6.07, 6.45) is 0. The van der Waals surface area contributed by atoms with Gasteiger partial charge in [-0.3, -0.25) is 0 Å². The molecule has 1 nitrogen and oxygen atoms in total.